The Morgan fingerprint density at radius 1 is 0.972 bits per heavy atom. The van der Waals surface area contributed by atoms with Gasteiger partial charge < -0.3 is 14.5 Å². The van der Waals surface area contributed by atoms with E-state index in [0.29, 0.717) is 6.61 Å². The molecule has 36 heavy (non-hydrogen) atoms. The standard InChI is InChI=1S/C29H32ClN3O.2ClH/c1-4-33(5-2)25-15-17-29(34-21-22-10-13-24(30)14-11-22)23(20-25)12-16-27-26-8-6-7-9-28(26)32(3)19-18-31-27;;/h6-17,20H,4-5,18-19,21H2,1-3H3;2*1H. The largest absolute Gasteiger partial charge is 0.488 e. The number of allylic oxidation sites excluding steroid dienone is 1. The predicted molar refractivity (Wildman–Crippen MR) is 160 cm³/mol. The molecular weight excluding hydrogens is 513 g/mol. The first-order valence-corrected chi connectivity index (χ1v) is 12.3. The van der Waals surface area contributed by atoms with E-state index >= 15 is 0 Å². The second-order valence-electron chi connectivity index (χ2n) is 8.35. The highest BCUT2D eigenvalue weighted by Crippen LogP contribution is 2.29. The summed E-state index contributed by atoms with van der Waals surface area (Å²) in [5.41, 5.74) is 6.67. The zero-order chi connectivity index (χ0) is 23.9. The van der Waals surface area contributed by atoms with Crippen LogP contribution in [-0.2, 0) is 6.61 Å². The third kappa shape index (κ3) is 7.19. The number of likely N-dealkylation sites (N-methyl/N-ethyl adjacent to an activating group) is 1. The molecule has 0 radical (unpaired) electrons. The van der Waals surface area contributed by atoms with Gasteiger partial charge in [-0.3, -0.25) is 4.99 Å². The Labute approximate surface area is 232 Å². The molecule has 0 fully saturated rings. The number of aliphatic imine (C=N–C) groups is 1. The van der Waals surface area contributed by atoms with Gasteiger partial charge in [-0.1, -0.05) is 41.9 Å². The molecule has 0 aromatic heterocycles. The summed E-state index contributed by atoms with van der Waals surface area (Å²) in [5, 5.41) is 0.728. The molecule has 0 atom stereocenters. The highest BCUT2D eigenvalue weighted by Gasteiger charge is 2.14. The minimum absolute atomic E-state index is 0. The first-order chi connectivity index (χ1) is 16.6. The molecule has 4 rings (SSSR count). The summed E-state index contributed by atoms with van der Waals surface area (Å²) >= 11 is 6.03. The number of hydrogen-bond acceptors (Lipinski definition) is 4. The molecule has 0 unspecified atom stereocenters. The van der Waals surface area contributed by atoms with E-state index in [1.807, 2.05) is 24.3 Å². The van der Waals surface area contributed by atoms with Gasteiger partial charge in [0.25, 0.3) is 0 Å². The van der Waals surface area contributed by atoms with Crippen LogP contribution in [0.2, 0.25) is 5.02 Å². The van der Waals surface area contributed by atoms with Gasteiger partial charge in [0.2, 0.25) is 0 Å². The smallest absolute Gasteiger partial charge is 0.127 e. The van der Waals surface area contributed by atoms with Crippen LogP contribution in [0, 0.1) is 0 Å². The molecule has 1 aliphatic heterocycles. The van der Waals surface area contributed by atoms with Gasteiger partial charge in [-0.15, -0.1) is 24.8 Å². The molecule has 192 valence electrons. The first-order valence-electron chi connectivity index (χ1n) is 11.9. The first kappa shape index (κ1) is 29.6. The van der Waals surface area contributed by atoms with Gasteiger partial charge in [0.1, 0.15) is 12.4 Å². The number of anilines is 2. The lowest BCUT2D eigenvalue weighted by molar-refractivity contribution is 0.305. The molecule has 1 heterocycles. The number of para-hydroxylation sites is 1. The number of benzodiazepines with no additional fused rings is 1. The molecule has 7 heteroatoms. The highest BCUT2D eigenvalue weighted by molar-refractivity contribution is 6.30. The minimum atomic E-state index is 0. The summed E-state index contributed by atoms with van der Waals surface area (Å²) < 4.78 is 6.26. The van der Waals surface area contributed by atoms with Gasteiger partial charge in [-0.2, -0.15) is 0 Å². The van der Waals surface area contributed by atoms with Gasteiger partial charge in [-0.25, -0.2) is 0 Å². The van der Waals surface area contributed by atoms with Gasteiger partial charge in [-0.05, 0) is 68.0 Å². The van der Waals surface area contributed by atoms with Crippen molar-refractivity contribution in [2.24, 2.45) is 4.99 Å². The Balaban J connectivity index is 0.00000228. The maximum Gasteiger partial charge on any atom is 0.127 e. The zero-order valence-electron chi connectivity index (χ0n) is 21.0. The molecule has 0 N–H and O–H groups in total. The molecular formula is C29H34Cl3N3O. The van der Waals surface area contributed by atoms with Gasteiger partial charge >= 0.3 is 0 Å². The molecule has 3 aromatic carbocycles. The number of rotatable bonds is 8. The maximum atomic E-state index is 6.26. The maximum absolute atomic E-state index is 6.26. The predicted octanol–water partition coefficient (Wildman–Crippen LogP) is 7.56. The molecule has 0 amide bonds. The molecule has 0 aliphatic carbocycles. The van der Waals surface area contributed by atoms with Gasteiger partial charge in [0, 0.05) is 54.2 Å². The topological polar surface area (TPSA) is 28.1 Å². The van der Waals surface area contributed by atoms with Crippen molar-refractivity contribution in [3.8, 4) is 5.75 Å². The van der Waals surface area contributed by atoms with E-state index < -0.39 is 0 Å². The van der Waals surface area contributed by atoms with Crippen molar-refractivity contribution < 1.29 is 4.74 Å². The fourth-order valence-corrected chi connectivity index (χ4v) is 4.31. The number of halogens is 3. The third-order valence-corrected chi connectivity index (χ3v) is 6.41. The zero-order valence-corrected chi connectivity index (χ0v) is 23.4. The third-order valence-electron chi connectivity index (χ3n) is 6.16. The van der Waals surface area contributed by atoms with Gasteiger partial charge in [0.05, 0.1) is 12.3 Å². The fourth-order valence-electron chi connectivity index (χ4n) is 4.19. The Kier molecular flexibility index (Phi) is 11.6. The fraction of sp³-hybridized carbons (Fsp3) is 0.276. The normalized spacial score (nSPS) is 12.7. The van der Waals surface area contributed by atoms with Crippen LogP contribution >= 0.6 is 36.4 Å². The minimum Gasteiger partial charge on any atom is -0.488 e. The summed E-state index contributed by atoms with van der Waals surface area (Å²) in [6, 6.07) is 22.6. The molecule has 0 bridgehead atoms. The van der Waals surface area contributed by atoms with Crippen LogP contribution in [0.4, 0.5) is 11.4 Å². The van der Waals surface area contributed by atoms with Crippen LogP contribution in [-0.4, -0.2) is 38.9 Å². The summed E-state index contributed by atoms with van der Waals surface area (Å²) in [4.78, 5) is 9.48. The average molecular weight is 547 g/mol. The molecule has 4 nitrogen and oxygen atoms in total. The second kappa shape index (κ2) is 14.2. The van der Waals surface area contributed by atoms with E-state index in [-0.39, 0.29) is 24.8 Å². The highest BCUT2D eigenvalue weighted by atomic mass is 35.5. The Morgan fingerprint density at radius 3 is 2.42 bits per heavy atom. The van der Waals surface area contributed by atoms with E-state index in [1.165, 1.54) is 11.4 Å². The van der Waals surface area contributed by atoms with Crippen LogP contribution in [0.5, 0.6) is 5.75 Å². The molecule has 1 aliphatic rings. The van der Waals surface area contributed by atoms with Crippen molar-refractivity contribution in [3.05, 3.63) is 94.5 Å². The SMILES string of the molecule is CCN(CC)c1ccc(OCc2ccc(Cl)cc2)c(C=CC2=NCCN(C)c3ccccc32)c1.Cl.Cl. The lowest BCUT2D eigenvalue weighted by atomic mass is 10.0. The van der Waals surface area contributed by atoms with E-state index in [4.69, 9.17) is 21.3 Å². The monoisotopic (exact) mass is 545 g/mol. The second-order valence-corrected chi connectivity index (χ2v) is 8.78. The summed E-state index contributed by atoms with van der Waals surface area (Å²) in [6.07, 6.45) is 4.25. The summed E-state index contributed by atoms with van der Waals surface area (Å²) in [6.45, 7) is 8.42. The van der Waals surface area contributed by atoms with Crippen molar-refractivity contribution in [2.75, 3.05) is 43.0 Å². The van der Waals surface area contributed by atoms with E-state index in [2.05, 4.69) is 85.3 Å². The van der Waals surface area contributed by atoms with Gasteiger partial charge in [0.15, 0.2) is 0 Å². The van der Waals surface area contributed by atoms with Crippen LogP contribution in [0.1, 0.15) is 30.5 Å². The lowest BCUT2D eigenvalue weighted by Crippen LogP contribution is -2.21. The number of hydrogen-bond donors (Lipinski definition) is 0. The van der Waals surface area contributed by atoms with Crippen molar-refractivity contribution in [1.82, 2.24) is 0 Å². The lowest BCUT2D eigenvalue weighted by Gasteiger charge is -2.22. The van der Waals surface area contributed by atoms with Crippen molar-refractivity contribution in [3.63, 3.8) is 0 Å². The molecule has 0 saturated carbocycles. The quantitative estimate of drug-likeness (QED) is 0.292. The van der Waals surface area contributed by atoms with Crippen molar-refractivity contribution in [2.45, 2.75) is 20.5 Å². The van der Waals surface area contributed by atoms with E-state index in [0.717, 1.165) is 59.4 Å². The Hall–Kier alpha value is -2.66. The van der Waals surface area contributed by atoms with Crippen LogP contribution in [0.3, 0.4) is 0 Å². The summed E-state index contributed by atoms with van der Waals surface area (Å²) in [7, 11) is 2.12. The molecule has 0 spiro atoms. The van der Waals surface area contributed by atoms with Crippen LogP contribution < -0.4 is 14.5 Å². The average Bonchev–Trinajstić information content (AvgIpc) is 3.02. The van der Waals surface area contributed by atoms with Crippen LogP contribution in [0.25, 0.3) is 6.08 Å². The number of benzene rings is 3. The number of fused-ring (bicyclic) bond motifs is 1. The van der Waals surface area contributed by atoms with Crippen LogP contribution in [0.15, 0.2) is 77.8 Å². The van der Waals surface area contributed by atoms with E-state index in [9.17, 15) is 0 Å². The number of ether oxygens (including phenoxy) is 1. The molecule has 0 saturated heterocycles. The summed E-state index contributed by atoms with van der Waals surface area (Å²) in [5.74, 6) is 0.849. The number of nitrogens with zero attached hydrogens (tertiary/aromatic N) is 3. The Morgan fingerprint density at radius 2 is 1.69 bits per heavy atom. The Bertz CT molecular complexity index is 1170. The molecule has 3 aromatic rings. The van der Waals surface area contributed by atoms with E-state index in [1.54, 1.807) is 0 Å². The van der Waals surface area contributed by atoms with Crippen molar-refractivity contribution in [1.29, 1.82) is 0 Å². The van der Waals surface area contributed by atoms with Crippen molar-refractivity contribution >= 4 is 59.6 Å².